The molecule has 20 heavy (non-hydrogen) atoms. The van der Waals surface area contributed by atoms with Crippen LogP contribution in [0.4, 0.5) is 10.5 Å². The van der Waals surface area contributed by atoms with Crippen molar-refractivity contribution >= 4 is 28.6 Å². The minimum Gasteiger partial charge on any atom is -0.482 e. The van der Waals surface area contributed by atoms with E-state index in [2.05, 4.69) is 9.91 Å². The minimum atomic E-state index is -0.755. The van der Waals surface area contributed by atoms with Gasteiger partial charge < -0.3 is 15.2 Å². The number of hydrogen-bond acceptors (Lipinski definition) is 6. The Bertz CT molecular complexity index is 692. The van der Waals surface area contributed by atoms with E-state index >= 15 is 0 Å². The van der Waals surface area contributed by atoms with Crippen molar-refractivity contribution in [3.8, 4) is 5.75 Å². The lowest BCUT2D eigenvalue weighted by Gasteiger charge is -2.05. The van der Waals surface area contributed by atoms with Gasteiger partial charge in [-0.1, -0.05) is 0 Å². The van der Waals surface area contributed by atoms with Crippen LogP contribution in [-0.4, -0.2) is 30.3 Å². The summed E-state index contributed by atoms with van der Waals surface area (Å²) in [4.78, 5) is 33.0. The van der Waals surface area contributed by atoms with Crippen LogP contribution >= 0.6 is 0 Å². The Morgan fingerprint density at radius 3 is 2.75 bits per heavy atom. The van der Waals surface area contributed by atoms with Gasteiger partial charge in [0.1, 0.15) is 11.4 Å². The first kappa shape index (κ1) is 13.5. The van der Waals surface area contributed by atoms with Gasteiger partial charge in [-0.15, -0.1) is 4.91 Å². The molecule has 1 amide bonds. The number of fused-ring (bicyclic) bond motifs is 1. The molecule has 2 N–H and O–H groups in total. The second-order valence-corrected chi connectivity index (χ2v) is 3.86. The molecule has 8 heteroatoms. The first-order valence-corrected chi connectivity index (χ1v) is 5.54. The van der Waals surface area contributed by atoms with Crippen molar-refractivity contribution in [3.05, 3.63) is 29.3 Å². The van der Waals surface area contributed by atoms with Crippen LogP contribution in [0.15, 0.2) is 29.6 Å². The Morgan fingerprint density at radius 2 is 2.15 bits per heavy atom. The fraction of sp³-hybridized carbons (Fsp3) is 0.167. The van der Waals surface area contributed by atoms with Crippen molar-refractivity contribution in [1.29, 1.82) is 0 Å². The van der Waals surface area contributed by atoms with Crippen molar-refractivity contribution in [2.75, 3.05) is 13.7 Å². The van der Waals surface area contributed by atoms with Crippen LogP contribution in [0, 0.1) is 4.91 Å². The number of hydrogen-bond donors (Lipinski definition) is 1. The molecular weight excluding hydrogens is 266 g/mol. The highest BCUT2D eigenvalue weighted by Gasteiger charge is 2.13. The van der Waals surface area contributed by atoms with Gasteiger partial charge in [-0.25, -0.2) is 9.59 Å². The van der Waals surface area contributed by atoms with Gasteiger partial charge in [-0.3, -0.25) is 4.57 Å². The van der Waals surface area contributed by atoms with Crippen molar-refractivity contribution in [2.24, 2.45) is 10.9 Å². The highest BCUT2D eigenvalue weighted by Crippen LogP contribution is 2.30. The topological polar surface area (TPSA) is 113 Å². The zero-order valence-corrected chi connectivity index (χ0v) is 10.5. The second-order valence-electron chi connectivity index (χ2n) is 3.86. The summed E-state index contributed by atoms with van der Waals surface area (Å²) in [5, 5.41) is 3.29. The van der Waals surface area contributed by atoms with E-state index in [9.17, 15) is 14.5 Å². The summed E-state index contributed by atoms with van der Waals surface area (Å²) < 4.78 is 10.7. The SMILES string of the molecule is COC(=O)COc1ccc2c(N=O)cn(C(N)=O)c2c1. The molecule has 2 rings (SSSR count). The number of ether oxygens (including phenoxy) is 2. The average molecular weight is 277 g/mol. The molecule has 0 aliphatic rings. The number of esters is 1. The Morgan fingerprint density at radius 1 is 1.40 bits per heavy atom. The number of aromatic nitrogens is 1. The highest BCUT2D eigenvalue weighted by molar-refractivity contribution is 5.98. The molecule has 1 heterocycles. The van der Waals surface area contributed by atoms with E-state index < -0.39 is 12.0 Å². The van der Waals surface area contributed by atoms with Gasteiger partial charge in [0.25, 0.3) is 0 Å². The summed E-state index contributed by atoms with van der Waals surface area (Å²) in [6, 6.07) is 3.83. The monoisotopic (exact) mass is 277 g/mol. The molecule has 0 fully saturated rings. The van der Waals surface area contributed by atoms with Gasteiger partial charge in [-0.2, -0.15) is 0 Å². The normalized spacial score (nSPS) is 10.2. The third-order valence-corrected chi connectivity index (χ3v) is 2.68. The summed E-state index contributed by atoms with van der Waals surface area (Å²) in [5.74, 6) is -0.202. The molecule has 0 bridgehead atoms. The van der Waals surface area contributed by atoms with E-state index in [-0.39, 0.29) is 12.3 Å². The minimum absolute atomic E-state index is 0.0957. The van der Waals surface area contributed by atoms with E-state index in [1.807, 2.05) is 0 Å². The Labute approximate surface area is 113 Å². The van der Waals surface area contributed by atoms with Crippen LogP contribution in [0.1, 0.15) is 0 Å². The largest absolute Gasteiger partial charge is 0.482 e. The van der Waals surface area contributed by atoms with Crippen LogP contribution in [0.5, 0.6) is 5.75 Å². The Hall–Kier alpha value is -2.90. The zero-order chi connectivity index (χ0) is 14.7. The molecule has 0 unspecified atom stereocenters. The first-order valence-electron chi connectivity index (χ1n) is 5.54. The molecular formula is C12H11N3O5. The summed E-state index contributed by atoms with van der Waals surface area (Å²) in [5.41, 5.74) is 5.67. The zero-order valence-electron chi connectivity index (χ0n) is 10.5. The number of nitrogens with two attached hydrogens (primary N) is 1. The quantitative estimate of drug-likeness (QED) is 0.672. The summed E-state index contributed by atoms with van der Waals surface area (Å²) in [6.45, 7) is -0.266. The Balaban J connectivity index is 2.41. The molecule has 0 aliphatic carbocycles. The van der Waals surface area contributed by atoms with E-state index in [4.69, 9.17) is 10.5 Å². The second kappa shape index (κ2) is 5.39. The van der Waals surface area contributed by atoms with Crippen molar-refractivity contribution in [3.63, 3.8) is 0 Å². The fourth-order valence-electron chi connectivity index (χ4n) is 1.73. The number of rotatable bonds is 4. The maximum atomic E-state index is 11.3. The molecule has 104 valence electrons. The van der Waals surface area contributed by atoms with Crippen LogP contribution < -0.4 is 10.5 Å². The number of benzene rings is 1. The number of nitrogens with zero attached hydrogens (tertiary/aromatic N) is 2. The average Bonchev–Trinajstić information content (AvgIpc) is 2.82. The fourth-order valence-corrected chi connectivity index (χ4v) is 1.73. The van der Waals surface area contributed by atoms with Gasteiger partial charge in [0, 0.05) is 17.6 Å². The molecule has 1 aromatic heterocycles. The molecule has 8 nitrogen and oxygen atoms in total. The smallest absolute Gasteiger partial charge is 0.343 e. The molecule has 0 aliphatic heterocycles. The molecule has 1 aromatic carbocycles. The third-order valence-electron chi connectivity index (χ3n) is 2.68. The predicted molar refractivity (Wildman–Crippen MR) is 69.9 cm³/mol. The first-order chi connectivity index (χ1) is 9.56. The van der Waals surface area contributed by atoms with Crippen molar-refractivity contribution < 1.29 is 19.1 Å². The molecule has 2 aromatic rings. The van der Waals surface area contributed by atoms with Crippen molar-refractivity contribution in [1.82, 2.24) is 4.57 Å². The highest BCUT2D eigenvalue weighted by atomic mass is 16.6. The maximum Gasteiger partial charge on any atom is 0.343 e. The molecule has 0 radical (unpaired) electrons. The summed E-state index contributed by atoms with van der Waals surface area (Å²) in [6.07, 6.45) is 1.24. The lowest BCUT2D eigenvalue weighted by Crippen LogP contribution is -2.18. The number of methoxy groups -OCH3 is 1. The predicted octanol–water partition coefficient (Wildman–Crippen LogP) is 1.52. The van der Waals surface area contributed by atoms with Gasteiger partial charge >= 0.3 is 12.0 Å². The van der Waals surface area contributed by atoms with E-state index in [1.165, 1.54) is 19.4 Å². The molecule has 0 saturated carbocycles. The number of carbonyl (C=O) groups is 2. The lowest BCUT2D eigenvalue weighted by molar-refractivity contribution is -0.142. The van der Waals surface area contributed by atoms with Crippen LogP contribution in [-0.2, 0) is 9.53 Å². The van der Waals surface area contributed by atoms with Gasteiger partial charge in [-0.05, 0) is 17.3 Å². The van der Waals surface area contributed by atoms with Crippen LogP contribution in [0.25, 0.3) is 10.9 Å². The van der Waals surface area contributed by atoms with E-state index in [1.54, 1.807) is 12.1 Å². The number of nitroso groups, excluding NO2 is 1. The van der Waals surface area contributed by atoms with Crippen molar-refractivity contribution in [2.45, 2.75) is 0 Å². The molecule has 0 spiro atoms. The van der Waals surface area contributed by atoms with Gasteiger partial charge in [0.2, 0.25) is 0 Å². The number of primary amides is 1. The third kappa shape index (κ3) is 2.44. The van der Waals surface area contributed by atoms with Crippen LogP contribution in [0.2, 0.25) is 0 Å². The molecule has 0 saturated heterocycles. The standard InChI is InChI=1S/C12H11N3O5/c1-19-11(16)6-20-7-2-3-8-9(14-18)5-15(12(13)17)10(8)4-7/h2-5H,6H2,1H3,(H2,13,17). The summed E-state index contributed by atoms with van der Waals surface area (Å²) in [7, 11) is 1.25. The summed E-state index contributed by atoms with van der Waals surface area (Å²) >= 11 is 0. The maximum absolute atomic E-state index is 11.3. The molecule has 0 atom stereocenters. The van der Waals surface area contributed by atoms with E-state index in [0.29, 0.717) is 16.7 Å². The Kier molecular flexibility index (Phi) is 3.65. The lowest BCUT2D eigenvalue weighted by atomic mass is 10.2. The van der Waals surface area contributed by atoms with Crippen LogP contribution in [0.3, 0.4) is 0 Å². The van der Waals surface area contributed by atoms with Gasteiger partial charge in [0.05, 0.1) is 12.6 Å². The number of amides is 1. The van der Waals surface area contributed by atoms with Gasteiger partial charge in [0.15, 0.2) is 6.61 Å². The van der Waals surface area contributed by atoms with E-state index in [0.717, 1.165) is 4.57 Å². The number of carbonyl (C=O) groups excluding carboxylic acids is 2.